The third-order valence-electron chi connectivity index (χ3n) is 3.79. The molecule has 0 bridgehead atoms. The van der Waals surface area contributed by atoms with Gasteiger partial charge < -0.3 is 10.6 Å². The number of carbonyl (C=O) groups excluding carboxylic acids is 1. The summed E-state index contributed by atoms with van der Waals surface area (Å²) in [6, 6.07) is 8.59. The molecule has 0 spiro atoms. The van der Waals surface area contributed by atoms with E-state index in [0.29, 0.717) is 6.04 Å². The Bertz CT molecular complexity index is 417. The van der Waals surface area contributed by atoms with E-state index < -0.39 is 0 Å². The first-order chi connectivity index (χ1) is 9.65. The van der Waals surface area contributed by atoms with E-state index in [9.17, 15) is 4.79 Å². The molecule has 0 heterocycles. The summed E-state index contributed by atoms with van der Waals surface area (Å²) in [5, 5.41) is 6.50. The van der Waals surface area contributed by atoms with Gasteiger partial charge >= 0.3 is 0 Å². The molecule has 0 radical (unpaired) electrons. The van der Waals surface area contributed by atoms with Crippen LogP contribution in [0.1, 0.15) is 62.7 Å². The van der Waals surface area contributed by atoms with Crippen molar-refractivity contribution in [3.63, 3.8) is 0 Å². The predicted octanol–water partition coefficient (Wildman–Crippen LogP) is 3.96. The Morgan fingerprint density at radius 3 is 2.20 bits per heavy atom. The smallest absolute Gasteiger partial charge is 0.251 e. The van der Waals surface area contributed by atoms with Gasteiger partial charge in [0, 0.05) is 23.3 Å². The summed E-state index contributed by atoms with van der Waals surface area (Å²) in [5.74, 6) is 0.000941. The van der Waals surface area contributed by atoms with Crippen molar-refractivity contribution in [1.29, 1.82) is 0 Å². The molecular formula is C17H26N2O. The minimum Gasteiger partial charge on any atom is -0.382 e. The Kier molecular flexibility index (Phi) is 5.45. The minimum atomic E-state index is 0.000941. The standard InChI is InChI=1S/C17H26N2O/c1-13(2)18-17(20)14-9-11-16(12-10-14)19-15-7-5-3-4-6-8-15/h9-13,15,19H,3-8H2,1-2H3,(H,18,20). The summed E-state index contributed by atoms with van der Waals surface area (Å²) in [4.78, 5) is 11.9. The summed E-state index contributed by atoms with van der Waals surface area (Å²) in [6.07, 6.45) is 7.91. The van der Waals surface area contributed by atoms with Crippen molar-refractivity contribution in [3.05, 3.63) is 29.8 Å². The number of anilines is 1. The van der Waals surface area contributed by atoms with E-state index in [1.807, 2.05) is 38.1 Å². The normalized spacial score (nSPS) is 16.8. The molecule has 1 saturated carbocycles. The van der Waals surface area contributed by atoms with E-state index >= 15 is 0 Å². The lowest BCUT2D eigenvalue weighted by atomic mass is 10.1. The fourth-order valence-electron chi connectivity index (χ4n) is 2.72. The van der Waals surface area contributed by atoms with E-state index in [4.69, 9.17) is 0 Å². The summed E-state index contributed by atoms with van der Waals surface area (Å²) < 4.78 is 0. The number of hydrogen-bond donors (Lipinski definition) is 2. The van der Waals surface area contributed by atoms with Gasteiger partial charge in [-0.25, -0.2) is 0 Å². The quantitative estimate of drug-likeness (QED) is 0.816. The zero-order chi connectivity index (χ0) is 14.4. The molecule has 0 aromatic heterocycles. The highest BCUT2D eigenvalue weighted by atomic mass is 16.1. The zero-order valence-electron chi connectivity index (χ0n) is 12.6. The van der Waals surface area contributed by atoms with E-state index in [2.05, 4.69) is 10.6 Å². The molecule has 1 aromatic rings. The molecule has 2 N–H and O–H groups in total. The first-order valence-electron chi connectivity index (χ1n) is 7.82. The Labute approximate surface area is 122 Å². The fraction of sp³-hybridized carbons (Fsp3) is 0.588. The van der Waals surface area contributed by atoms with Crippen molar-refractivity contribution < 1.29 is 4.79 Å². The molecule has 3 heteroatoms. The summed E-state index contributed by atoms with van der Waals surface area (Å²) >= 11 is 0. The topological polar surface area (TPSA) is 41.1 Å². The molecule has 2 rings (SSSR count). The van der Waals surface area contributed by atoms with Gasteiger partial charge in [-0.2, -0.15) is 0 Å². The Balaban J connectivity index is 1.92. The highest BCUT2D eigenvalue weighted by molar-refractivity contribution is 5.94. The van der Waals surface area contributed by atoms with Gasteiger partial charge in [0.05, 0.1) is 0 Å². The van der Waals surface area contributed by atoms with Gasteiger partial charge in [-0.3, -0.25) is 4.79 Å². The fourth-order valence-corrected chi connectivity index (χ4v) is 2.72. The van der Waals surface area contributed by atoms with Crippen molar-refractivity contribution in [3.8, 4) is 0 Å². The molecule has 0 atom stereocenters. The number of rotatable bonds is 4. The largest absolute Gasteiger partial charge is 0.382 e. The van der Waals surface area contributed by atoms with Crippen LogP contribution >= 0.6 is 0 Å². The first-order valence-corrected chi connectivity index (χ1v) is 7.82. The van der Waals surface area contributed by atoms with Crippen LogP contribution in [0.2, 0.25) is 0 Å². The second-order valence-corrected chi connectivity index (χ2v) is 6.04. The second-order valence-electron chi connectivity index (χ2n) is 6.04. The molecule has 1 aromatic carbocycles. The monoisotopic (exact) mass is 274 g/mol. The van der Waals surface area contributed by atoms with Gasteiger partial charge in [0.2, 0.25) is 0 Å². The van der Waals surface area contributed by atoms with E-state index in [1.165, 1.54) is 38.5 Å². The Morgan fingerprint density at radius 2 is 1.65 bits per heavy atom. The summed E-state index contributed by atoms with van der Waals surface area (Å²) in [7, 11) is 0. The highest BCUT2D eigenvalue weighted by Gasteiger charge is 2.12. The van der Waals surface area contributed by atoms with Crippen LogP contribution in [0, 0.1) is 0 Å². The Morgan fingerprint density at radius 1 is 1.05 bits per heavy atom. The van der Waals surface area contributed by atoms with Gasteiger partial charge in [-0.1, -0.05) is 25.7 Å². The SMILES string of the molecule is CC(C)NC(=O)c1ccc(NC2CCCCCC2)cc1. The zero-order valence-corrected chi connectivity index (χ0v) is 12.6. The van der Waals surface area contributed by atoms with Gasteiger partial charge in [-0.15, -0.1) is 0 Å². The van der Waals surface area contributed by atoms with E-state index in [-0.39, 0.29) is 11.9 Å². The molecule has 20 heavy (non-hydrogen) atoms. The maximum Gasteiger partial charge on any atom is 0.251 e. The van der Waals surface area contributed by atoms with Gasteiger partial charge in [0.15, 0.2) is 0 Å². The molecule has 1 fully saturated rings. The number of carbonyl (C=O) groups is 1. The van der Waals surface area contributed by atoms with Gasteiger partial charge in [0.1, 0.15) is 0 Å². The molecule has 1 aliphatic rings. The van der Waals surface area contributed by atoms with E-state index in [0.717, 1.165) is 11.3 Å². The summed E-state index contributed by atoms with van der Waals surface area (Å²) in [5.41, 5.74) is 1.85. The molecular weight excluding hydrogens is 248 g/mol. The van der Waals surface area contributed by atoms with Crippen LogP contribution in [0.15, 0.2) is 24.3 Å². The highest BCUT2D eigenvalue weighted by Crippen LogP contribution is 2.21. The van der Waals surface area contributed by atoms with Gasteiger partial charge in [0.25, 0.3) is 5.91 Å². The lowest BCUT2D eigenvalue weighted by Crippen LogP contribution is -2.30. The maximum absolute atomic E-state index is 11.9. The minimum absolute atomic E-state index is 0.000941. The molecule has 0 aliphatic heterocycles. The van der Waals surface area contributed by atoms with Crippen molar-refractivity contribution in [2.75, 3.05) is 5.32 Å². The van der Waals surface area contributed by atoms with Crippen LogP contribution in [0.5, 0.6) is 0 Å². The van der Waals surface area contributed by atoms with Crippen LogP contribution in [0.3, 0.4) is 0 Å². The number of benzene rings is 1. The average Bonchev–Trinajstić information content (AvgIpc) is 2.67. The number of amides is 1. The lowest BCUT2D eigenvalue weighted by molar-refractivity contribution is 0.0943. The van der Waals surface area contributed by atoms with Crippen LogP contribution < -0.4 is 10.6 Å². The molecule has 1 aliphatic carbocycles. The third-order valence-corrected chi connectivity index (χ3v) is 3.79. The van der Waals surface area contributed by atoms with Crippen molar-refractivity contribution in [1.82, 2.24) is 5.32 Å². The molecule has 0 unspecified atom stereocenters. The van der Waals surface area contributed by atoms with Crippen molar-refractivity contribution >= 4 is 11.6 Å². The van der Waals surface area contributed by atoms with Crippen molar-refractivity contribution in [2.45, 2.75) is 64.5 Å². The summed E-state index contributed by atoms with van der Waals surface area (Å²) in [6.45, 7) is 3.94. The van der Waals surface area contributed by atoms with E-state index in [1.54, 1.807) is 0 Å². The lowest BCUT2D eigenvalue weighted by Gasteiger charge is -2.18. The Hall–Kier alpha value is -1.51. The van der Waals surface area contributed by atoms with Crippen molar-refractivity contribution in [2.24, 2.45) is 0 Å². The second kappa shape index (κ2) is 7.32. The van der Waals surface area contributed by atoms with Crippen LogP contribution in [0.4, 0.5) is 5.69 Å². The predicted molar refractivity (Wildman–Crippen MR) is 84.2 cm³/mol. The average molecular weight is 274 g/mol. The maximum atomic E-state index is 11.9. The first kappa shape index (κ1) is 14.9. The molecule has 3 nitrogen and oxygen atoms in total. The number of hydrogen-bond acceptors (Lipinski definition) is 2. The molecule has 0 saturated heterocycles. The van der Waals surface area contributed by atoms with Crippen LogP contribution in [-0.2, 0) is 0 Å². The van der Waals surface area contributed by atoms with Crippen LogP contribution in [-0.4, -0.2) is 18.0 Å². The molecule has 110 valence electrons. The van der Waals surface area contributed by atoms with Crippen LogP contribution in [0.25, 0.3) is 0 Å². The van der Waals surface area contributed by atoms with Gasteiger partial charge in [-0.05, 0) is 51.0 Å². The third kappa shape index (κ3) is 4.55. The molecule has 1 amide bonds. The number of nitrogens with one attached hydrogen (secondary N) is 2.